The third-order valence-corrected chi connectivity index (χ3v) is 5.03. The molecule has 0 fully saturated rings. The van der Waals surface area contributed by atoms with E-state index in [0.29, 0.717) is 5.13 Å². The molecule has 2 N–H and O–H groups in total. The molecule has 0 aliphatic carbocycles. The van der Waals surface area contributed by atoms with Gasteiger partial charge in [-0.05, 0) is 17.5 Å². The van der Waals surface area contributed by atoms with Gasteiger partial charge < -0.3 is 4.98 Å². The lowest BCUT2D eigenvalue weighted by Crippen LogP contribution is -2.31. The number of para-hydroxylation sites is 1. The molecule has 1 aromatic carbocycles. The lowest BCUT2D eigenvalue weighted by atomic mass is 9.96. The number of anilines is 2. The molecule has 0 radical (unpaired) electrons. The molecule has 5 nitrogen and oxygen atoms in total. The van der Waals surface area contributed by atoms with E-state index in [-0.39, 0.29) is 11.4 Å². The molecule has 3 aromatic rings. The highest BCUT2D eigenvalue weighted by Crippen LogP contribution is 2.31. The van der Waals surface area contributed by atoms with E-state index in [2.05, 4.69) is 36.1 Å². The van der Waals surface area contributed by atoms with Gasteiger partial charge in [-0.2, -0.15) is 0 Å². The molecular weight excluding hydrogens is 308 g/mol. The van der Waals surface area contributed by atoms with Gasteiger partial charge in [0.05, 0.1) is 11.2 Å². The molecular formula is C17H20N4OS. The molecule has 0 aliphatic heterocycles. The van der Waals surface area contributed by atoms with Crippen LogP contribution in [-0.2, 0) is 5.41 Å². The molecule has 0 saturated carbocycles. The summed E-state index contributed by atoms with van der Waals surface area (Å²) in [6, 6.07) is 7.65. The highest BCUT2D eigenvalue weighted by Gasteiger charge is 2.19. The van der Waals surface area contributed by atoms with Gasteiger partial charge >= 0.3 is 6.03 Å². The second-order valence-corrected chi connectivity index (χ2v) is 7.52. The van der Waals surface area contributed by atoms with Gasteiger partial charge in [-0.15, -0.1) is 11.3 Å². The SMILES string of the molecule is CN(C(=O)Nc1ncc(C(C)(C)C)s1)c1cccc2cc[nH]c12. The Balaban J connectivity index is 1.80. The quantitative estimate of drug-likeness (QED) is 0.723. The van der Waals surface area contributed by atoms with Crippen LogP contribution < -0.4 is 10.2 Å². The Kier molecular flexibility index (Phi) is 3.85. The predicted octanol–water partition coefficient (Wildman–Crippen LogP) is 4.59. The van der Waals surface area contributed by atoms with Crippen molar-refractivity contribution in [3.8, 4) is 0 Å². The van der Waals surface area contributed by atoms with Crippen molar-refractivity contribution in [3.05, 3.63) is 41.5 Å². The molecule has 0 aliphatic rings. The molecule has 0 unspecified atom stereocenters. The lowest BCUT2D eigenvalue weighted by molar-refractivity contribution is 0.258. The number of thiazole rings is 1. The number of aromatic nitrogens is 2. The predicted molar refractivity (Wildman–Crippen MR) is 96.5 cm³/mol. The highest BCUT2D eigenvalue weighted by molar-refractivity contribution is 7.15. The van der Waals surface area contributed by atoms with Crippen LogP contribution in [0.4, 0.5) is 15.6 Å². The average Bonchev–Trinajstić information content (AvgIpc) is 3.13. The number of nitrogens with one attached hydrogen (secondary N) is 2. The van der Waals surface area contributed by atoms with Crippen molar-refractivity contribution in [2.24, 2.45) is 0 Å². The third kappa shape index (κ3) is 3.07. The number of nitrogens with zero attached hydrogens (tertiary/aromatic N) is 2. The van der Waals surface area contributed by atoms with Crippen LogP contribution >= 0.6 is 11.3 Å². The fourth-order valence-electron chi connectivity index (χ4n) is 2.31. The molecule has 0 spiro atoms. The van der Waals surface area contributed by atoms with Crippen LogP contribution in [-0.4, -0.2) is 23.0 Å². The fraction of sp³-hybridized carbons (Fsp3) is 0.294. The van der Waals surface area contributed by atoms with Crippen molar-refractivity contribution < 1.29 is 4.79 Å². The summed E-state index contributed by atoms with van der Waals surface area (Å²) >= 11 is 1.51. The molecule has 2 aromatic heterocycles. The van der Waals surface area contributed by atoms with E-state index in [1.807, 2.05) is 36.7 Å². The zero-order valence-corrected chi connectivity index (χ0v) is 14.5. The Bertz CT molecular complexity index is 844. The van der Waals surface area contributed by atoms with E-state index in [1.54, 1.807) is 11.9 Å². The van der Waals surface area contributed by atoms with E-state index >= 15 is 0 Å². The largest absolute Gasteiger partial charge is 0.359 e. The second kappa shape index (κ2) is 5.70. The molecule has 2 amide bonds. The number of H-pyrrole nitrogens is 1. The lowest BCUT2D eigenvalue weighted by Gasteiger charge is -2.18. The van der Waals surface area contributed by atoms with Crippen LogP contribution in [0.25, 0.3) is 10.9 Å². The van der Waals surface area contributed by atoms with Crippen molar-refractivity contribution in [1.29, 1.82) is 0 Å². The van der Waals surface area contributed by atoms with E-state index in [4.69, 9.17) is 0 Å². The summed E-state index contributed by atoms with van der Waals surface area (Å²) < 4.78 is 0. The van der Waals surface area contributed by atoms with Crippen LogP contribution in [0.5, 0.6) is 0 Å². The number of carbonyl (C=O) groups excluding carboxylic acids is 1. The van der Waals surface area contributed by atoms with Gasteiger partial charge in [-0.1, -0.05) is 32.9 Å². The number of amides is 2. The minimum atomic E-state index is -0.207. The van der Waals surface area contributed by atoms with E-state index < -0.39 is 0 Å². The fourth-order valence-corrected chi connectivity index (χ4v) is 3.17. The van der Waals surface area contributed by atoms with Crippen LogP contribution in [0.15, 0.2) is 36.7 Å². The summed E-state index contributed by atoms with van der Waals surface area (Å²) in [4.78, 5) is 22.7. The molecule has 0 saturated heterocycles. The molecule has 0 bridgehead atoms. The van der Waals surface area contributed by atoms with Crippen molar-refractivity contribution in [2.45, 2.75) is 26.2 Å². The number of hydrogen-bond donors (Lipinski definition) is 2. The van der Waals surface area contributed by atoms with Gasteiger partial charge in [0.2, 0.25) is 0 Å². The maximum atomic E-state index is 12.5. The summed E-state index contributed by atoms with van der Waals surface area (Å²) in [6.45, 7) is 6.39. The summed E-state index contributed by atoms with van der Waals surface area (Å²) in [7, 11) is 1.75. The number of carbonyl (C=O) groups is 1. The Labute approximate surface area is 139 Å². The van der Waals surface area contributed by atoms with Gasteiger partial charge in [0.15, 0.2) is 5.13 Å². The molecule has 120 valence electrons. The van der Waals surface area contributed by atoms with Gasteiger partial charge in [0.25, 0.3) is 0 Å². The molecule has 23 heavy (non-hydrogen) atoms. The third-order valence-electron chi connectivity index (χ3n) is 3.69. The Morgan fingerprint density at radius 2 is 2.09 bits per heavy atom. The van der Waals surface area contributed by atoms with Crippen LogP contribution in [0.3, 0.4) is 0 Å². The van der Waals surface area contributed by atoms with Crippen LogP contribution in [0, 0.1) is 0 Å². The monoisotopic (exact) mass is 328 g/mol. The highest BCUT2D eigenvalue weighted by atomic mass is 32.1. The molecule has 2 heterocycles. The smallest absolute Gasteiger partial charge is 0.327 e. The van der Waals surface area contributed by atoms with Gasteiger partial charge in [0, 0.05) is 29.7 Å². The van der Waals surface area contributed by atoms with Crippen LogP contribution in [0.2, 0.25) is 0 Å². The Morgan fingerprint density at radius 1 is 1.30 bits per heavy atom. The van der Waals surface area contributed by atoms with E-state index in [0.717, 1.165) is 21.5 Å². The van der Waals surface area contributed by atoms with E-state index in [9.17, 15) is 4.79 Å². The number of aromatic amines is 1. The normalized spacial score (nSPS) is 11.7. The van der Waals surface area contributed by atoms with Crippen molar-refractivity contribution in [2.75, 3.05) is 17.3 Å². The van der Waals surface area contributed by atoms with Gasteiger partial charge in [-0.25, -0.2) is 9.78 Å². The number of urea groups is 1. The number of rotatable bonds is 2. The molecule has 3 rings (SSSR count). The molecule has 6 heteroatoms. The molecule has 0 atom stereocenters. The Morgan fingerprint density at radius 3 is 2.78 bits per heavy atom. The summed E-state index contributed by atoms with van der Waals surface area (Å²) in [6.07, 6.45) is 3.70. The minimum Gasteiger partial charge on any atom is -0.359 e. The maximum absolute atomic E-state index is 12.5. The zero-order valence-electron chi connectivity index (χ0n) is 13.7. The first-order valence-corrected chi connectivity index (χ1v) is 8.25. The van der Waals surface area contributed by atoms with E-state index in [1.165, 1.54) is 11.3 Å². The average molecular weight is 328 g/mol. The van der Waals surface area contributed by atoms with Gasteiger partial charge in [0.1, 0.15) is 0 Å². The topological polar surface area (TPSA) is 61.0 Å². The van der Waals surface area contributed by atoms with Crippen LogP contribution in [0.1, 0.15) is 25.6 Å². The number of benzene rings is 1. The maximum Gasteiger partial charge on any atom is 0.327 e. The first-order chi connectivity index (χ1) is 10.9. The van der Waals surface area contributed by atoms with Crippen molar-refractivity contribution in [3.63, 3.8) is 0 Å². The summed E-state index contributed by atoms with van der Waals surface area (Å²) in [5, 5.41) is 4.56. The standard InChI is InChI=1S/C17H20N4OS/c1-17(2,3)13-10-19-15(23-13)20-16(22)21(4)12-7-5-6-11-8-9-18-14(11)12/h5-10,18H,1-4H3,(H,19,20,22). The minimum absolute atomic E-state index is 0.0301. The first kappa shape index (κ1) is 15.6. The zero-order chi connectivity index (χ0) is 16.6. The number of hydrogen-bond acceptors (Lipinski definition) is 3. The second-order valence-electron chi connectivity index (χ2n) is 6.49. The van der Waals surface area contributed by atoms with Crippen molar-refractivity contribution >= 4 is 39.1 Å². The number of fused-ring (bicyclic) bond motifs is 1. The summed E-state index contributed by atoms with van der Waals surface area (Å²) in [5.74, 6) is 0. The Hall–Kier alpha value is -2.34. The van der Waals surface area contributed by atoms with Crippen molar-refractivity contribution in [1.82, 2.24) is 9.97 Å². The summed E-state index contributed by atoms with van der Waals surface area (Å²) in [5.41, 5.74) is 1.81. The first-order valence-electron chi connectivity index (χ1n) is 7.43. The van der Waals surface area contributed by atoms with Gasteiger partial charge in [-0.3, -0.25) is 10.2 Å².